The van der Waals surface area contributed by atoms with Crippen LogP contribution in [0.1, 0.15) is 56.9 Å². The van der Waals surface area contributed by atoms with E-state index in [0.29, 0.717) is 5.92 Å². The molecule has 1 aliphatic carbocycles. The molecule has 0 unspecified atom stereocenters. The number of quaternary nitrogens is 1. The number of benzene rings is 1. The van der Waals surface area contributed by atoms with Crippen LogP contribution in [0.4, 0.5) is 13.2 Å². The molecule has 0 saturated heterocycles. The average molecular weight is 480 g/mol. The third-order valence-corrected chi connectivity index (χ3v) is 8.69. The van der Waals surface area contributed by atoms with E-state index in [1.54, 1.807) is 0 Å². The lowest BCUT2D eigenvalue weighted by Crippen LogP contribution is -2.42. The van der Waals surface area contributed by atoms with Crippen molar-refractivity contribution in [2.75, 3.05) is 40.8 Å². The van der Waals surface area contributed by atoms with Crippen molar-refractivity contribution in [2.45, 2.75) is 68.5 Å². The fourth-order valence-electron chi connectivity index (χ4n) is 4.51. The molecule has 1 saturated carbocycles. The monoisotopic (exact) mass is 479 g/mol. The molecule has 0 amide bonds. The van der Waals surface area contributed by atoms with E-state index in [1.165, 1.54) is 11.4 Å². The van der Waals surface area contributed by atoms with Crippen LogP contribution in [-0.4, -0.2) is 69.2 Å². The van der Waals surface area contributed by atoms with Crippen LogP contribution in [0, 0.1) is 5.92 Å². The molecule has 1 aromatic carbocycles. The molecule has 1 fully saturated rings. The van der Waals surface area contributed by atoms with E-state index in [9.17, 15) is 21.6 Å². The SMILES string of the molecule is CN([C@H]1CC[C@H](CCCCC[N+](C)(C)CCO)CC1)S(=O)(=O)c1ccc(C(F)(F)F)cc1. The zero-order valence-corrected chi connectivity index (χ0v) is 20.3. The van der Waals surface area contributed by atoms with E-state index in [-0.39, 0.29) is 17.5 Å². The normalized spacial score (nSPS) is 20.6. The van der Waals surface area contributed by atoms with E-state index < -0.39 is 21.8 Å². The van der Waals surface area contributed by atoms with Gasteiger partial charge in [0.05, 0.1) is 37.7 Å². The van der Waals surface area contributed by atoms with Gasteiger partial charge in [0.2, 0.25) is 10.0 Å². The summed E-state index contributed by atoms with van der Waals surface area (Å²) in [5.41, 5.74) is -0.851. The topological polar surface area (TPSA) is 57.6 Å². The van der Waals surface area contributed by atoms with Gasteiger partial charge in [-0.15, -0.1) is 0 Å². The Morgan fingerprint density at radius 3 is 2.12 bits per heavy atom. The molecule has 184 valence electrons. The van der Waals surface area contributed by atoms with Crippen LogP contribution < -0.4 is 0 Å². The highest BCUT2D eigenvalue weighted by atomic mass is 32.2. The summed E-state index contributed by atoms with van der Waals surface area (Å²) in [4.78, 5) is -0.0994. The summed E-state index contributed by atoms with van der Waals surface area (Å²) in [6, 6.07) is 3.61. The van der Waals surface area contributed by atoms with Crippen molar-refractivity contribution in [3.05, 3.63) is 29.8 Å². The number of unbranched alkanes of at least 4 members (excludes halogenated alkanes) is 2. The van der Waals surface area contributed by atoms with Crippen LogP contribution in [0.15, 0.2) is 29.2 Å². The van der Waals surface area contributed by atoms with Crippen molar-refractivity contribution in [1.29, 1.82) is 0 Å². The Labute approximate surface area is 190 Å². The summed E-state index contributed by atoms with van der Waals surface area (Å²) in [5.74, 6) is 0.605. The fraction of sp³-hybridized carbons (Fsp3) is 0.739. The maximum Gasteiger partial charge on any atom is 0.416 e. The van der Waals surface area contributed by atoms with Crippen molar-refractivity contribution < 1.29 is 31.2 Å². The quantitative estimate of drug-likeness (QED) is 0.375. The number of alkyl halides is 3. The molecule has 0 atom stereocenters. The number of rotatable bonds is 11. The third kappa shape index (κ3) is 7.71. The molecule has 0 aliphatic heterocycles. The average Bonchev–Trinajstić information content (AvgIpc) is 2.73. The molecular weight excluding hydrogens is 441 g/mol. The molecule has 0 heterocycles. The number of nitrogens with zero attached hydrogens (tertiary/aromatic N) is 2. The van der Waals surface area contributed by atoms with Gasteiger partial charge in [0, 0.05) is 13.1 Å². The summed E-state index contributed by atoms with van der Waals surface area (Å²) in [6.07, 6.45) is 3.63. The number of likely N-dealkylation sites (N-methyl/N-ethyl adjacent to an activating group) is 1. The van der Waals surface area contributed by atoms with Gasteiger partial charge in [-0.3, -0.25) is 0 Å². The third-order valence-electron chi connectivity index (χ3n) is 6.77. The Morgan fingerprint density at radius 2 is 1.59 bits per heavy atom. The molecule has 0 spiro atoms. The van der Waals surface area contributed by atoms with Crippen molar-refractivity contribution in [2.24, 2.45) is 5.92 Å². The number of sulfonamides is 1. The van der Waals surface area contributed by atoms with Crippen LogP contribution in [-0.2, 0) is 16.2 Å². The number of halogens is 3. The van der Waals surface area contributed by atoms with Crippen LogP contribution >= 0.6 is 0 Å². The second-order valence-electron chi connectivity index (χ2n) is 9.67. The van der Waals surface area contributed by atoms with Gasteiger partial charge in [-0.25, -0.2) is 8.42 Å². The minimum atomic E-state index is -4.48. The van der Waals surface area contributed by atoms with Gasteiger partial charge >= 0.3 is 6.18 Å². The Morgan fingerprint density at radius 1 is 1.00 bits per heavy atom. The molecule has 1 N–H and O–H groups in total. The first-order valence-electron chi connectivity index (χ1n) is 11.4. The summed E-state index contributed by atoms with van der Waals surface area (Å²) in [5, 5.41) is 9.09. The van der Waals surface area contributed by atoms with E-state index >= 15 is 0 Å². The Bertz CT molecular complexity index is 803. The van der Waals surface area contributed by atoms with E-state index in [4.69, 9.17) is 5.11 Å². The maximum atomic E-state index is 12.9. The van der Waals surface area contributed by atoms with Crippen LogP contribution in [0.3, 0.4) is 0 Å². The van der Waals surface area contributed by atoms with E-state index in [0.717, 1.165) is 93.2 Å². The summed E-state index contributed by atoms with van der Waals surface area (Å²) >= 11 is 0. The van der Waals surface area contributed by atoms with Gasteiger partial charge in [-0.2, -0.15) is 17.5 Å². The molecule has 1 aromatic rings. The van der Waals surface area contributed by atoms with E-state index in [1.807, 2.05) is 0 Å². The lowest BCUT2D eigenvalue weighted by Gasteiger charge is -2.34. The first kappa shape index (κ1) is 27.1. The number of aliphatic hydroxyl groups excluding tert-OH is 1. The zero-order chi connectivity index (χ0) is 24.0. The van der Waals surface area contributed by atoms with Gasteiger partial charge in [-0.1, -0.05) is 12.8 Å². The van der Waals surface area contributed by atoms with Gasteiger partial charge in [0.25, 0.3) is 0 Å². The smallest absolute Gasteiger partial charge is 0.391 e. The molecule has 2 rings (SSSR count). The highest BCUT2D eigenvalue weighted by Gasteiger charge is 2.33. The minimum absolute atomic E-state index is 0.0994. The van der Waals surface area contributed by atoms with Crippen LogP contribution in [0.5, 0.6) is 0 Å². The zero-order valence-electron chi connectivity index (χ0n) is 19.4. The molecule has 0 bridgehead atoms. The lowest BCUT2D eigenvalue weighted by molar-refractivity contribution is -0.890. The largest absolute Gasteiger partial charge is 0.416 e. The highest BCUT2D eigenvalue weighted by molar-refractivity contribution is 7.89. The van der Waals surface area contributed by atoms with Crippen LogP contribution in [0.25, 0.3) is 0 Å². The molecule has 1 aliphatic rings. The van der Waals surface area contributed by atoms with Gasteiger partial charge < -0.3 is 9.59 Å². The van der Waals surface area contributed by atoms with Crippen molar-refractivity contribution in [3.63, 3.8) is 0 Å². The second-order valence-corrected chi connectivity index (χ2v) is 11.7. The molecular formula is C23H38F3N2O3S+. The highest BCUT2D eigenvalue weighted by Crippen LogP contribution is 2.34. The molecule has 0 radical (unpaired) electrons. The Hall–Kier alpha value is -1.16. The van der Waals surface area contributed by atoms with Crippen molar-refractivity contribution in [1.82, 2.24) is 4.31 Å². The Kier molecular flexibility index (Phi) is 9.58. The van der Waals surface area contributed by atoms with Crippen LogP contribution in [0.2, 0.25) is 0 Å². The van der Waals surface area contributed by atoms with Crippen molar-refractivity contribution in [3.8, 4) is 0 Å². The molecule has 9 heteroatoms. The summed E-state index contributed by atoms with van der Waals surface area (Å²) < 4.78 is 66.2. The van der Waals surface area contributed by atoms with Gasteiger partial charge in [-0.05, 0) is 68.7 Å². The molecule has 5 nitrogen and oxygen atoms in total. The maximum absolute atomic E-state index is 12.9. The first-order chi connectivity index (χ1) is 14.9. The van der Waals surface area contributed by atoms with Gasteiger partial charge in [0.1, 0.15) is 6.54 Å². The standard InChI is InChI=1S/C23H38F3N2O3S/c1-27(32(30,31)22-14-10-20(11-15-22)23(24,25)26)21-12-8-19(9-13-21)7-5-4-6-16-28(2,3)17-18-29/h10-11,14-15,19,21,29H,4-9,12-13,16-18H2,1-3H3/q+1/t19-,21-. The fourth-order valence-corrected chi connectivity index (χ4v) is 5.92. The predicted octanol–water partition coefficient (Wildman–Crippen LogP) is 4.51. The summed E-state index contributed by atoms with van der Waals surface area (Å²) in [6.45, 7) is 2.03. The van der Waals surface area contributed by atoms with E-state index in [2.05, 4.69) is 14.1 Å². The second kappa shape index (κ2) is 11.3. The predicted molar refractivity (Wildman–Crippen MR) is 120 cm³/mol. The first-order valence-corrected chi connectivity index (χ1v) is 12.9. The van der Waals surface area contributed by atoms with Gasteiger partial charge in [0.15, 0.2) is 0 Å². The van der Waals surface area contributed by atoms with Crippen molar-refractivity contribution >= 4 is 10.0 Å². The lowest BCUT2D eigenvalue weighted by atomic mass is 9.83. The minimum Gasteiger partial charge on any atom is -0.391 e. The molecule has 0 aromatic heterocycles. The summed E-state index contributed by atoms with van der Waals surface area (Å²) in [7, 11) is 1.98. The number of hydrogen-bond donors (Lipinski definition) is 1. The number of aliphatic hydroxyl groups is 1. The number of hydrogen-bond acceptors (Lipinski definition) is 3. The molecule has 32 heavy (non-hydrogen) atoms. The Balaban J connectivity index is 1.78.